The maximum Gasteiger partial charge on any atom is 0.0489 e. The fourth-order valence-electron chi connectivity index (χ4n) is 3.19. The van der Waals surface area contributed by atoms with Gasteiger partial charge in [-0.1, -0.05) is 55.0 Å². The topological polar surface area (TPSA) is 55.9 Å². The second-order valence-corrected chi connectivity index (χ2v) is 5.98. The molecule has 118 valence electrons. The third kappa shape index (κ3) is 3.00. The lowest BCUT2D eigenvalue weighted by molar-refractivity contribution is -0.305. The number of carbonyl (C=O) groups is 1. The van der Waals surface area contributed by atoms with Crippen molar-refractivity contribution < 1.29 is 9.90 Å². The van der Waals surface area contributed by atoms with Gasteiger partial charge >= 0.3 is 0 Å². The summed E-state index contributed by atoms with van der Waals surface area (Å²) in [5.74, 6) is -1.24. The van der Waals surface area contributed by atoms with Crippen molar-refractivity contribution in [2.75, 3.05) is 0 Å². The fraction of sp³-hybridized carbons (Fsp3) is 0.250. The van der Waals surface area contributed by atoms with Crippen LogP contribution in [0, 0.1) is 6.92 Å². The van der Waals surface area contributed by atoms with Gasteiger partial charge in [-0.15, -0.1) is 0 Å². The number of rotatable bonds is 5. The Balaban J connectivity index is 2.13. The minimum Gasteiger partial charge on any atom is -0.550 e. The van der Waals surface area contributed by atoms with Crippen LogP contribution in [-0.4, -0.2) is 11.0 Å². The van der Waals surface area contributed by atoms with Gasteiger partial charge in [0, 0.05) is 29.0 Å². The number of fused-ring (bicyclic) bond motifs is 1. The molecule has 1 N–H and O–H groups in total. The smallest absolute Gasteiger partial charge is 0.0489 e. The van der Waals surface area contributed by atoms with Gasteiger partial charge in [0.2, 0.25) is 0 Å². The Kier molecular flexibility index (Phi) is 4.20. The van der Waals surface area contributed by atoms with E-state index in [1.165, 1.54) is 5.56 Å². The number of hydrogen-bond acceptors (Lipinski definition) is 2. The van der Waals surface area contributed by atoms with Crippen LogP contribution in [0.2, 0.25) is 0 Å². The van der Waals surface area contributed by atoms with E-state index < -0.39 is 5.97 Å². The van der Waals surface area contributed by atoms with Crippen molar-refractivity contribution in [2.45, 2.75) is 32.6 Å². The number of aromatic nitrogens is 1. The summed E-state index contributed by atoms with van der Waals surface area (Å²) in [6.07, 6.45) is 2.86. The Hall–Kier alpha value is -2.55. The normalized spacial score (nSPS) is 12.4. The van der Waals surface area contributed by atoms with Gasteiger partial charge in [0.05, 0.1) is 0 Å². The van der Waals surface area contributed by atoms with Gasteiger partial charge in [-0.05, 0) is 36.5 Å². The zero-order valence-corrected chi connectivity index (χ0v) is 13.4. The number of carboxylic acids is 1. The van der Waals surface area contributed by atoms with Crippen molar-refractivity contribution in [3.63, 3.8) is 0 Å². The van der Waals surface area contributed by atoms with Crippen LogP contribution in [0.15, 0.2) is 48.7 Å². The van der Waals surface area contributed by atoms with Gasteiger partial charge in [-0.3, -0.25) is 0 Å². The number of carbonyl (C=O) groups excluding carboxylic acids is 1. The molecule has 23 heavy (non-hydrogen) atoms. The van der Waals surface area contributed by atoms with Crippen LogP contribution in [0.25, 0.3) is 10.9 Å². The van der Waals surface area contributed by atoms with Crippen molar-refractivity contribution >= 4 is 16.9 Å². The lowest BCUT2D eigenvalue weighted by Crippen LogP contribution is -2.24. The highest BCUT2D eigenvalue weighted by Crippen LogP contribution is 2.34. The van der Waals surface area contributed by atoms with Crippen molar-refractivity contribution in [1.29, 1.82) is 0 Å². The number of H-pyrrole nitrogens is 1. The highest BCUT2D eigenvalue weighted by molar-refractivity contribution is 5.87. The summed E-state index contributed by atoms with van der Waals surface area (Å²) in [5, 5.41) is 12.4. The first-order chi connectivity index (χ1) is 11.1. The number of aromatic amines is 1. The molecule has 0 aliphatic rings. The molecule has 1 atom stereocenters. The van der Waals surface area contributed by atoms with E-state index in [0.29, 0.717) is 0 Å². The van der Waals surface area contributed by atoms with Crippen LogP contribution in [-0.2, 0) is 11.2 Å². The Labute approximate surface area is 136 Å². The Morgan fingerprint density at radius 3 is 2.57 bits per heavy atom. The molecule has 3 rings (SSSR count). The van der Waals surface area contributed by atoms with Crippen LogP contribution >= 0.6 is 0 Å². The number of para-hydroxylation sites is 1. The fourth-order valence-corrected chi connectivity index (χ4v) is 3.19. The van der Waals surface area contributed by atoms with Crippen LogP contribution < -0.4 is 5.11 Å². The molecule has 0 unspecified atom stereocenters. The highest BCUT2D eigenvalue weighted by Gasteiger charge is 2.19. The van der Waals surface area contributed by atoms with E-state index in [0.717, 1.165) is 34.0 Å². The predicted octanol–water partition coefficient (Wildman–Crippen LogP) is 3.31. The molecule has 2 aromatic carbocycles. The number of aliphatic carboxylic acids is 1. The van der Waals surface area contributed by atoms with Gasteiger partial charge in [-0.25, -0.2) is 0 Å². The molecule has 0 bridgehead atoms. The maximum atomic E-state index is 11.3. The van der Waals surface area contributed by atoms with E-state index in [2.05, 4.69) is 24.0 Å². The second kappa shape index (κ2) is 6.29. The van der Waals surface area contributed by atoms with Crippen molar-refractivity contribution in [3.05, 3.63) is 70.9 Å². The Bertz CT molecular complexity index is 830. The molecule has 3 nitrogen and oxygen atoms in total. The van der Waals surface area contributed by atoms with Crippen LogP contribution in [0.5, 0.6) is 0 Å². The number of carboxylic acid groups (broad SMARTS) is 1. The lowest BCUT2D eigenvalue weighted by atomic mass is 9.87. The molecule has 0 spiro atoms. The monoisotopic (exact) mass is 306 g/mol. The summed E-state index contributed by atoms with van der Waals surface area (Å²) in [6, 6.07) is 14.2. The molecular formula is C20H20NO2-. The number of aryl methyl sites for hydroxylation is 2. The quantitative estimate of drug-likeness (QED) is 0.786. The first-order valence-corrected chi connectivity index (χ1v) is 7.95. The maximum absolute atomic E-state index is 11.3. The van der Waals surface area contributed by atoms with Crippen LogP contribution in [0.1, 0.15) is 41.5 Å². The first-order valence-electron chi connectivity index (χ1n) is 7.95. The molecule has 0 amide bonds. The summed E-state index contributed by atoms with van der Waals surface area (Å²) >= 11 is 0. The molecule has 1 heterocycles. The summed E-state index contributed by atoms with van der Waals surface area (Å²) in [6.45, 7) is 4.14. The molecule has 3 heteroatoms. The summed E-state index contributed by atoms with van der Waals surface area (Å²) in [7, 11) is 0. The zero-order chi connectivity index (χ0) is 16.4. The van der Waals surface area contributed by atoms with Gasteiger partial charge in [0.25, 0.3) is 0 Å². The van der Waals surface area contributed by atoms with Crippen molar-refractivity contribution in [2.24, 2.45) is 0 Å². The van der Waals surface area contributed by atoms with Gasteiger partial charge in [0.1, 0.15) is 0 Å². The number of nitrogens with one attached hydrogen (secondary N) is 1. The average molecular weight is 306 g/mol. The minimum atomic E-state index is -1.03. The standard InChI is InChI=1S/C20H21NO2/c1-3-14-5-4-6-16-18(12-21-20(14)16)17(11-19(22)23)15-9-7-13(2)8-10-15/h4-10,12,17,21H,3,11H2,1-2H3,(H,22,23)/p-1/t17-/m0/s1. The van der Waals surface area contributed by atoms with E-state index >= 15 is 0 Å². The summed E-state index contributed by atoms with van der Waals surface area (Å²) < 4.78 is 0. The highest BCUT2D eigenvalue weighted by atomic mass is 16.4. The van der Waals surface area contributed by atoms with E-state index in [9.17, 15) is 9.90 Å². The van der Waals surface area contributed by atoms with E-state index in [1.807, 2.05) is 43.5 Å². The third-order valence-electron chi connectivity index (χ3n) is 4.44. The zero-order valence-electron chi connectivity index (χ0n) is 13.4. The molecule has 0 aliphatic carbocycles. The largest absolute Gasteiger partial charge is 0.550 e. The van der Waals surface area contributed by atoms with E-state index in [4.69, 9.17) is 0 Å². The average Bonchev–Trinajstić information content (AvgIpc) is 2.97. The van der Waals surface area contributed by atoms with Gasteiger partial charge < -0.3 is 14.9 Å². The molecular weight excluding hydrogens is 286 g/mol. The predicted molar refractivity (Wildman–Crippen MR) is 90.3 cm³/mol. The summed E-state index contributed by atoms with van der Waals surface area (Å²) in [4.78, 5) is 14.6. The summed E-state index contributed by atoms with van der Waals surface area (Å²) in [5.41, 5.74) is 5.52. The van der Waals surface area contributed by atoms with Crippen molar-refractivity contribution in [3.8, 4) is 0 Å². The SMILES string of the molecule is CCc1cccc2c([C@@H](CC(=O)[O-])c3ccc(C)cc3)c[nH]c12. The molecule has 0 saturated carbocycles. The second-order valence-electron chi connectivity index (χ2n) is 5.98. The Morgan fingerprint density at radius 1 is 1.17 bits per heavy atom. The van der Waals surface area contributed by atoms with E-state index in [-0.39, 0.29) is 12.3 Å². The first kappa shape index (κ1) is 15.3. The van der Waals surface area contributed by atoms with E-state index in [1.54, 1.807) is 0 Å². The number of benzene rings is 2. The molecule has 0 aliphatic heterocycles. The molecule has 3 aromatic rings. The molecule has 0 saturated heterocycles. The molecule has 1 aromatic heterocycles. The lowest BCUT2D eigenvalue weighted by Gasteiger charge is -2.18. The van der Waals surface area contributed by atoms with Crippen LogP contribution in [0.3, 0.4) is 0 Å². The minimum absolute atomic E-state index is 0.0215. The molecule has 0 fully saturated rings. The third-order valence-corrected chi connectivity index (χ3v) is 4.44. The van der Waals surface area contributed by atoms with Gasteiger partial charge in [-0.2, -0.15) is 0 Å². The van der Waals surface area contributed by atoms with Crippen molar-refractivity contribution in [1.82, 2.24) is 4.98 Å². The molecule has 0 radical (unpaired) electrons. The Morgan fingerprint density at radius 2 is 1.91 bits per heavy atom. The van der Waals surface area contributed by atoms with Crippen LogP contribution in [0.4, 0.5) is 0 Å². The number of hydrogen-bond donors (Lipinski definition) is 1. The van der Waals surface area contributed by atoms with Gasteiger partial charge in [0.15, 0.2) is 0 Å².